The Bertz CT molecular complexity index is 1140. The molecule has 0 radical (unpaired) electrons. The Morgan fingerprint density at radius 3 is 2.66 bits per heavy atom. The van der Waals surface area contributed by atoms with Gasteiger partial charge in [-0.05, 0) is 47.7 Å². The lowest BCUT2D eigenvalue weighted by Crippen LogP contribution is -2.46. The van der Waals surface area contributed by atoms with Crippen LogP contribution in [0.25, 0.3) is 11.1 Å². The van der Waals surface area contributed by atoms with Crippen molar-refractivity contribution in [3.8, 4) is 17.2 Å². The molecule has 3 heterocycles. The van der Waals surface area contributed by atoms with Crippen molar-refractivity contribution >= 4 is 0 Å². The van der Waals surface area contributed by atoms with E-state index in [2.05, 4.69) is 47.4 Å². The molecule has 1 fully saturated rings. The summed E-state index contributed by atoms with van der Waals surface area (Å²) in [6.07, 6.45) is 1.16. The number of hydrogen-bond donors (Lipinski definition) is 0. The van der Waals surface area contributed by atoms with Crippen molar-refractivity contribution in [2.45, 2.75) is 25.4 Å². The standard InChI is InChI=1S/C25H23N3O/c26-13-19-7-4-8-21(11-19)23-9-10-24-22-12-20(16-28(24)25(23)29)15-27(17-22)14-18-5-2-1-3-6-18/h1-11,20,22H,12,14-17H2/t20-,22+/m0/s1. The van der Waals surface area contributed by atoms with Crippen LogP contribution in [-0.2, 0) is 13.1 Å². The predicted octanol–water partition coefficient (Wildman–Crippen LogP) is 4.01. The van der Waals surface area contributed by atoms with Crippen LogP contribution in [0, 0.1) is 17.2 Å². The third-order valence-electron chi connectivity index (χ3n) is 6.23. The van der Waals surface area contributed by atoms with Crippen LogP contribution in [0.2, 0.25) is 0 Å². The van der Waals surface area contributed by atoms with Crippen LogP contribution in [0.1, 0.15) is 29.2 Å². The van der Waals surface area contributed by atoms with Crippen LogP contribution in [0.3, 0.4) is 0 Å². The number of hydrogen-bond acceptors (Lipinski definition) is 3. The Kier molecular flexibility index (Phi) is 4.54. The van der Waals surface area contributed by atoms with E-state index in [0.717, 1.165) is 43.9 Å². The number of benzene rings is 2. The zero-order chi connectivity index (χ0) is 19.8. The maximum Gasteiger partial charge on any atom is 0.258 e. The maximum absolute atomic E-state index is 13.3. The highest BCUT2D eigenvalue weighted by atomic mass is 16.1. The maximum atomic E-state index is 13.3. The molecule has 0 spiro atoms. The Morgan fingerprint density at radius 1 is 0.966 bits per heavy atom. The first-order valence-electron chi connectivity index (χ1n) is 10.2. The van der Waals surface area contributed by atoms with Gasteiger partial charge in [0.2, 0.25) is 0 Å². The Balaban J connectivity index is 1.45. The summed E-state index contributed by atoms with van der Waals surface area (Å²) in [5.74, 6) is 0.904. The van der Waals surface area contributed by atoms with Crippen molar-refractivity contribution in [1.82, 2.24) is 9.47 Å². The van der Waals surface area contributed by atoms with E-state index in [-0.39, 0.29) is 5.56 Å². The first-order chi connectivity index (χ1) is 14.2. The summed E-state index contributed by atoms with van der Waals surface area (Å²) in [6, 6.07) is 24.2. The molecule has 144 valence electrons. The smallest absolute Gasteiger partial charge is 0.258 e. The van der Waals surface area contributed by atoms with Crippen LogP contribution in [0.4, 0.5) is 0 Å². The summed E-state index contributed by atoms with van der Waals surface area (Å²) in [4.78, 5) is 15.8. The SMILES string of the molecule is N#Cc1cccc(-c2ccc3n(c2=O)C[C@H]2C[C@@H]3CN(Cc3ccccc3)C2)c1. The minimum atomic E-state index is 0.0730. The average Bonchev–Trinajstić information content (AvgIpc) is 2.75. The molecular formula is C25H23N3O. The monoisotopic (exact) mass is 381 g/mol. The third-order valence-corrected chi connectivity index (χ3v) is 6.23. The molecule has 1 saturated heterocycles. The molecule has 5 rings (SSSR count). The van der Waals surface area contributed by atoms with Gasteiger partial charge in [0, 0.05) is 43.4 Å². The van der Waals surface area contributed by atoms with Crippen LogP contribution in [0.15, 0.2) is 71.5 Å². The Morgan fingerprint density at radius 2 is 1.83 bits per heavy atom. The molecule has 3 aromatic rings. The molecule has 29 heavy (non-hydrogen) atoms. The normalized spacial score (nSPS) is 20.7. The van der Waals surface area contributed by atoms with Gasteiger partial charge in [0.15, 0.2) is 0 Å². The number of fused-ring (bicyclic) bond motifs is 4. The fourth-order valence-corrected chi connectivity index (χ4v) is 4.99. The van der Waals surface area contributed by atoms with Gasteiger partial charge in [0.25, 0.3) is 5.56 Å². The van der Waals surface area contributed by atoms with E-state index in [1.165, 1.54) is 5.56 Å². The van der Waals surface area contributed by atoms with Crippen molar-refractivity contribution < 1.29 is 0 Å². The van der Waals surface area contributed by atoms with E-state index < -0.39 is 0 Å². The molecule has 2 aromatic carbocycles. The first-order valence-corrected chi connectivity index (χ1v) is 10.2. The van der Waals surface area contributed by atoms with E-state index in [1.807, 2.05) is 22.8 Å². The molecule has 0 aliphatic carbocycles. The van der Waals surface area contributed by atoms with Crippen LogP contribution < -0.4 is 5.56 Å². The topological polar surface area (TPSA) is 49.0 Å². The molecule has 2 bridgehead atoms. The second-order valence-corrected chi connectivity index (χ2v) is 8.26. The van der Waals surface area contributed by atoms with Crippen LogP contribution in [0.5, 0.6) is 0 Å². The molecule has 2 aliphatic rings. The minimum absolute atomic E-state index is 0.0730. The van der Waals surface area contributed by atoms with E-state index in [1.54, 1.807) is 12.1 Å². The van der Waals surface area contributed by atoms with Crippen molar-refractivity contribution in [2.75, 3.05) is 13.1 Å². The molecule has 0 N–H and O–H groups in total. The van der Waals surface area contributed by atoms with Crippen molar-refractivity contribution in [3.05, 3.63) is 93.9 Å². The summed E-state index contributed by atoms with van der Waals surface area (Å²) in [5, 5.41) is 9.17. The Labute approximate surface area is 170 Å². The molecule has 2 aliphatic heterocycles. The van der Waals surface area contributed by atoms with Gasteiger partial charge in [0.05, 0.1) is 11.6 Å². The average molecular weight is 381 g/mol. The number of likely N-dealkylation sites (tertiary alicyclic amines) is 1. The predicted molar refractivity (Wildman–Crippen MR) is 113 cm³/mol. The molecule has 4 nitrogen and oxygen atoms in total. The second kappa shape index (κ2) is 7.35. The number of piperidine rings is 1. The summed E-state index contributed by atoms with van der Waals surface area (Å²) in [6.45, 7) is 3.78. The largest absolute Gasteiger partial charge is 0.311 e. The van der Waals surface area contributed by atoms with Crippen molar-refractivity contribution in [1.29, 1.82) is 5.26 Å². The fraction of sp³-hybridized carbons (Fsp3) is 0.280. The van der Waals surface area contributed by atoms with Crippen LogP contribution >= 0.6 is 0 Å². The highest BCUT2D eigenvalue weighted by Crippen LogP contribution is 2.36. The summed E-state index contributed by atoms with van der Waals surface area (Å²) >= 11 is 0. The highest BCUT2D eigenvalue weighted by molar-refractivity contribution is 5.64. The second-order valence-electron chi connectivity index (χ2n) is 8.26. The summed E-state index contributed by atoms with van der Waals surface area (Å²) in [5.41, 5.74) is 4.67. The lowest BCUT2D eigenvalue weighted by Gasteiger charge is -2.43. The third kappa shape index (κ3) is 3.39. The fourth-order valence-electron chi connectivity index (χ4n) is 4.99. The quantitative estimate of drug-likeness (QED) is 0.689. The molecular weight excluding hydrogens is 358 g/mol. The first kappa shape index (κ1) is 17.9. The lowest BCUT2D eigenvalue weighted by atomic mass is 9.82. The Hall–Kier alpha value is -3.16. The number of nitrogens with zero attached hydrogens (tertiary/aromatic N) is 3. The zero-order valence-electron chi connectivity index (χ0n) is 16.3. The van der Waals surface area contributed by atoms with Gasteiger partial charge in [-0.1, -0.05) is 42.5 Å². The van der Waals surface area contributed by atoms with Gasteiger partial charge in [0.1, 0.15) is 0 Å². The van der Waals surface area contributed by atoms with Gasteiger partial charge in [-0.2, -0.15) is 5.26 Å². The van der Waals surface area contributed by atoms with Gasteiger partial charge in [-0.15, -0.1) is 0 Å². The van der Waals surface area contributed by atoms with Crippen molar-refractivity contribution in [2.24, 2.45) is 5.92 Å². The molecule has 2 atom stereocenters. The van der Waals surface area contributed by atoms with E-state index >= 15 is 0 Å². The van der Waals surface area contributed by atoms with Gasteiger partial charge in [-0.3, -0.25) is 9.69 Å². The number of aromatic nitrogens is 1. The number of nitriles is 1. The molecule has 0 unspecified atom stereocenters. The minimum Gasteiger partial charge on any atom is -0.311 e. The summed E-state index contributed by atoms with van der Waals surface area (Å²) in [7, 11) is 0. The van der Waals surface area contributed by atoms with Gasteiger partial charge < -0.3 is 4.57 Å². The molecule has 0 amide bonds. The van der Waals surface area contributed by atoms with Gasteiger partial charge >= 0.3 is 0 Å². The molecule has 0 saturated carbocycles. The number of pyridine rings is 1. The van der Waals surface area contributed by atoms with E-state index in [0.29, 0.717) is 23.0 Å². The summed E-state index contributed by atoms with van der Waals surface area (Å²) < 4.78 is 1.99. The van der Waals surface area contributed by atoms with E-state index in [4.69, 9.17) is 0 Å². The molecule has 4 heteroatoms. The van der Waals surface area contributed by atoms with E-state index in [9.17, 15) is 10.1 Å². The van der Waals surface area contributed by atoms with Crippen LogP contribution in [-0.4, -0.2) is 22.6 Å². The molecule has 1 aromatic heterocycles. The zero-order valence-corrected chi connectivity index (χ0v) is 16.3. The van der Waals surface area contributed by atoms with Gasteiger partial charge in [-0.25, -0.2) is 0 Å². The highest BCUT2D eigenvalue weighted by Gasteiger charge is 2.34. The van der Waals surface area contributed by atoms with Crippen molar-refractivity contribution in [3.63, 3.8) is 0 Å². The lowest BCUT2D eigenvalue weighted by molar-refractivity contribution is 0.114. The number of rotatable bonds is 3.